The molecule has 0 N–H and O–H groups in total. The van der Waals surface area contributed by atoms with Crippen LogP contribution in [0.5, 0.6) is 0 Å². The molecule has 0 atom stereocenters. The molecule has 0 bridgehead atoms. The van der Waals surface area contributed by atoms with E-state index < -0.39 is 0 Å². The van der Waals surface area contributed by atoms with E-state index in [1.54, 1.807) is 18.3 Å². The zero-order valence-corrected chi connectivity index (χ0v) is 18.5. The van der Waals surface area contributed by atoms with Crippen molar-refractivity contribution in [1.29, 1.82) is 0 Å². The van der Waals surface area contributed by atoms with Gasteiger partial charge >= 0.3 is 0 Å². The first-order valence-electron chi connectivity index (χ1n) is 10.5. The van der Waals surface area contributed by atoms with Crippen LogP contribution in [0.1, 0.15) is 26.4 Å². The lowest BCUT2D eigenvalue weighted by Crippen LogP contribution is -2.48. The van der Waals surface area contributed by atoms with Crippen molar-refractivity contribution < 1.29 is 4.79 Å². The van der Waals surface area contributed by atoms with Crippen molar-refractivity contribution in [3.05, 3.63) is 80.6 Å². The van der Waals surface area contributed by atoms with Gasteiger partial charge in [0.25, 0.3) is 11.5 Å². The van der Waals surface area contributed by atoms with Crippen molar-refractivity contribution in [2.45, 2.75) is 20.4 Å². The Bertz CT molecular complexity index is 1330. The third kappa shape index (κ3) is 3.54. The van der Waals surface area contributed by atoms with Crippen molar-refractivity contribution in [3.63, 3.8) is 0 Å². The maximum atomic E-state index is 13.4. The fourth-order valence-electron chi connectivity index (χ4n) is 4.22. The average molecular weight is 433 g/mol. The Hall–Kier alpha value is -3.03. The highest BCUT2D eigenvalue weighted by molar-refractivity contribution is 7.18. The number of benzene rings is 1. The molecule has 1 aromatic carbocycles. The molecule has 1 saturated heterocycles. The maximum absolute atomic E-state index is 13.4. The summed E-state index contributed by atoms with van der Waals surface area (Å²) in [4.78, 5) is 37.2. The van der Waals surface area contributed by atoms with Crippen LogP contribution in [0.3, 0.4) is 0 Å². The smallest absolute Gasteiger partial charge is 0.266 e. The summed E-state index contributed by atoms with van der Waals surface area (Å²) in [6, 6.07) is 13.9. The van der Waals surface area contributed by atoms with Gasteiger partial charge in [-0.05, 0) is 37.1 Å². The minimum atomic E-state index is -0.107. The SMILES string of the molecule is Cc1sc2nc3c(C(=O)N4CCN(Cc5ccccc5)CC4)cccn3c(=O)c2c1C. The lowest BCUT2D eigenvalue weighted by atomic mass is 10.1. The summed E-state index contributed by atoms with van der Waals surface area (Å²) in [6.07, 6.45) is 1.70. The van der Waals surface area contributed by atoms with E-state index in [4.69, 9.17) is 4.98 Å². The van der Waals surface area contributed by atoms with Gasteiger partial charge in [-0.3, -0.25) is 18.9 Å². The number of piperazine rings is 1. The molecule has 158 valence electrons. The second-order valence-electron chi connectivity index (χ2n) is 8.05. The van der Waals surface area contributed by atoms with Gasteiger partial charge in [0, 0.05) is 43.8 Å². The Morgan fingerprint density at radius 1 is 1.03 bits per heavy atom. The Labute approximate surface area is 184 Å². The third-order valence-corrected chi connectivity index (χ3v) is 7.21. The van der Waals surface area contributed by atoms with Gasteiger partial charge in [-0.15, -0.1) is 11.3 Å². The van der Waals surface area contributed by atoms with E-state index in [0.29, 0.717) is 34.5 Å². The summed E-state index contributed by atoms with van der Waals surface area (Å²) in [7, 11) is 0. The molecule has 1 amide bonds. The van der Waals surface area contributed by atoms with E-state index in [0.717, 1.165) is 30.1 Å². The van der Waals surface area contributed by atoms with Crippen molar-refractivity contribution in [3.8, 4) is 0 Å². The molecule has 1 fully saturated rings. The van der Waals surface area contributed by atoms with E-state index in [2.05, 4.69) is 29.2 Å². The highest BCUT2D eigenvalue weighted by atomic mass is 32.1. The van der Waals surface area contributed by atoms with Crippen molar-refractivity contribution in [1.82, 2.24) is 19.2 Å². The van der Waals surface area contributed by atoms with E-state index in [1.807, 2.05) is 24.8 Å². The highest BCUT2D eigenvalue weighted by Gasteiger charge is 2.25. The van der Waals surface area contributed by atoms with Crippen LogP contribution in [0.15, 0.2) is 53.5 Å². The maximum Gasteiger partial charge on any atom is 0.266 e. The summed E-state index contributed by atoms with van der Waals surface area (Å²) in [5, 5.41) is 0.652. The average Bonchev–Trinajstić information content (AvgIpc) is 3.08. The molecule has 1 aliphatic rings. The van der Waals surface area contributed by atoms with Gasteiger partial charge in [0.1, 0.15) is 4.83 Å². The van der Waals surface area contributed by atoms with Gasteiger partial charge in [-0.2, -0.15) is 0 Å². The number of pyridine rings is 1. The van der Waals surface area contributed by atoms with Gasteiger partial charge in [-0.25, -0.2) is 4.98 Å². The molecule has 0 aliphatic carbocycles. The molecule has 4 aromatic rings. The van der Waals surface area contributed by atoms with E-state index in [1.165, 1.54) is 21.3 Å². The van der Waals surface area contributed by atoms with Crippen LogP contribution < -0.4 is 5.56 Å². The molecular formula is C24H24N4O2S. The highest BCUT2D eigenvalue weighted by Crippen LogP contribution is 2.27. The van der Waals surface area contributed by atoms with Gasteiger partial charge in [-0.1, -0.05) is 30.3 Å². The number of amides is 1. The number of carbonyl (C=O) groups is 1. The molecular weight excluding hydrogens is 408 g/mol. The van der Waals surface area contributed by atoms with Crippen LogP contribution in [0.4, 0.5) is 0 Å². The van der Waals surface area contributed by atoms with Crippen LogP contribution in [0.2, 0.25) is 0 Å². The van der Waals surface area contributed by atoms with Gasteiger partial charge < -0.3 is 4.90 Å². The first-order chi connectivity index (χ1) is 15.0. The fraction of sp³-hybridized carbons (Fsp3) is 0.292. The second-order valence-corrected chi connectivity index (χ2v) is 9.25. The predicted molar refractivity (Wildman–Crippen MR) is 124 cm³/mol. The molecule has 0 spiro atoms. The second kappa shape index (κ2) is 7.90. The number of aryl methyl sites for hydroxylation is 2. The molecule has 6 nitrogen and oxygen atoms in total. The Kier molecular flexibility index (Phi) is 5.08. The molecule has 5 rings (SSSR count). The number of carbonyl (C=O) groups excluding carboxylic acids is 1. The molecule has 1 aliphatic heterocycles. The topological polar surface area (TPSA) is 57.9 Å². The molecule has 7 heteroatoms. The van der Waals surface area contributed by atoms with E-state index in [-0.39, 0.29) is 11.5 Å². The van der Waals surface area contributed by atoms with Crippen LogP contribution in [0.25, 0.3) is 15.9 Å². The minimum Gasteiger partial charge on any atom is -0.336 e. The lowest BCUT2D eigenvalue weighted by Gasteiger charge is -2.34. The van der Waals surface area contributed by atoms with Gasteiger partial charge in [0.15, 0.2) is 5.65 Å². The molecule has 0 unspecified atom stereocenters. The van der Waals surface area contributed by atoms with Crippen molar-refractivity contribution in [2.75, 3.05) is 26.2 Å². The van der Waals surface area contributed by atoms with Crippen LogP contribution in [-0.4, -0.2) is 51.3 Å². The Morgan fingerprint density at radius 2 is 1.77 bits per heavy atom. The van der Waals surface area contributed by atoms with Crippen LogP contribution in [-0.2, 0) is 6.54 Å². The van der Waals surface area contributed by atoms with Crippen molar-refractivity contribution in [2.24, 2.45) is 0 Å². The number of fused-ring (bicyclic) bond motifs is 2. The van der Waals surface area contributed by atoms with E-state index >= 15 is 0 Å². The first-order valence-corrected chi connectivity index (χ1v) is 11.3. The molecule has 31 heavy (non-hydrogen) atoms. The minimum absolute atomic E-state index is 0.0614. The zero-order valence-electron chi connectivity index (χ0n) is 17.7. The van der Waals surface area contributed by atoms with Crippen LogP contribution in [0, 0.1) is 13.8 Å². The van der Waals surface area contributed by atoms with Crippen molar-refractivity contribution >= 4 is 33.1 Å². The Morgan fingerprint density at radius 3 is 2.52 bits per heavy atom. The quantitative estimate of drug-likeness (QED) is 0.497. The summed E-state index contributed by atoms with van der Waals surface area (Å²) in [5.74, 6) is -0.0614. The largest absolute Gasteiger partial charge is 0.336 e. The molecule has 3 aromatic heterocycles. The van der Waals surface area contributed by atoms with Gasteiger partial charge in [0.05, 0.1) is 10.9 Å². The first kappa shape index (κ1) is 19.9. The molecule has 4 heterocycles. The number of nitrogens with zero attached hydrogens (tertiary/aromatic N) is 4. The summed E-state index contributed by atoms with van der Waals surface area (Å²) >= 11 is 1.51. The fourth-order valence-corrected chi connectivity index (χ4v) is 5.24. The molecule has 0 radical (unpaired) electrons. The number of hydrogen-bond donors (Lipinski definition) is 0. The number of aromatic nitrogens is 2. The molecule has 0 saturated carbocycles. The van der Waals surface area contributed by atoms with Gasteiger partial charge in [0.2, 0.25) is 0 Å². The number of thiophene rings is 1. The normalized spacial score (nSPS) is 15.1. The van der Waals surface area contributed by atoms with Crippen LogP contribution >= 0.6 is 11.3 Å². The third-order valence-electron chi connectivity index (χ3n) is 6.11. The summed E-state index contributed by atoms with van der Waals surface area (Å²) in [5.41, 5.74) is 3.08. The predicted octanol–water partition coefficient (Wildman–Crippen LogP) is 3.48. The Balaban J connectivity index is 1.41. The zero-order chi connectivity index (χ0) is 21.5. The summed E-state index contributed by atoms with van der Waals surface area (Å²) in [6.45, 7) is 7.82. The monoisotopic (exact) mass is 432 g/mol. The summed E-state index contributed by atoms with van der Waals surface area (Å²) < 4.78 is 1.51. The standard InChI is InChI=1S/C24H24N4O2S/c1-16-17(2)31-22-20(16)24(30)28-10-6-9-19(21(28)25-22)23(29)27-13-11-26(12-14-27)15-18-7-4-3-5-8-18/h3-10H,11-15H2,1-2H3. The lowest BCUT2D eigenvalue weighted by molar-refractivity contribution is 0.0629. The van der Waals surface area contributed by atoms with E-state index in [9.17, 15) is 9.59 Å². The number of hydrogen-bond acceptors (Lipinski definition) is 5. The number of rotatable bonds is 3.